The molecule has 2 unspecified atom stereocenters. The minimum Gasteiger partial charge on any atom is -0.490 e. The van der Waals surface area contributed by atoms with Crippen LogP contribution in [0.15, 0.2) is 76.6 Å². The van der Waals surface area contributed by atoms with E-state index < -0.39 is 0 Å². The summed E-state index contributed by atoms with van der Waals surface area (Å²) in [5.41, 5.74) is 3.67. The number of allylic oxidation sites excluding steroid dienone is 6. The topological polar surface area (TPSA) is 49.8 Å². The quantitative estimate of drug-likeness (QED) is 0.588. The van der Waals surface area contributed by atoms with Gasteiger partial charge in [-0.05, 0) is 44.2 Å². The molecule has 0 saturated carbocycles. The highest BCUT2D eigenvalue weighted by Crippen LogP contribution is 2.28. The first-order chi connectivity index (χ1) is 14.7. The molecule has 1 saturated heterocycles. The summed E-state index contributed by atoms with van der Waals surface area (Å²) < 4.78 is 5.97. The highest BCUT2D eigenvalue weighted by Gasteiger charge is 2.29. The first-order valence-electron chi connectivity index (χ1n) is 10.5. The average molecular weight is 425 g/mol. The van der Waals surface area contributed by atoms with Crippen LogP contribution in [0, 0.1) is 0 Å². The van der Waals surface area contributed by atoms with Gasteiger partial charge in [-0.3, -0.25) is 14.9 Å². The summed E-state index contributed by atoms with van der Waals surface area (Å²) in [5.74, 6) is 0.815. The summed E-state index contributed by atoms with van der Waals surface area (Å²) in [6, 6.07) is 4.15. The van der Waals surface area contributed by atoms with E-state index in [4.69, 9.17) is 9.73 Å². The van der Waals surface area contributed by atoms with Crippen LogP contribution in [-0.2, 0) is 0 Å². The molecule has 3 rings (SSSR count). The van der Waals surface area contributed by atoms with E-state index >= 15 is 0 Å². The normalized spacial score (nSPS) is 23.2. The van der Waals surface area contributed by atoms with Crippen molar-refractivity contribution in [1.82, 2.24) is 15.2 Å². The molecule has 5 nitrogen and oxygen atoms in total. The molecular formula is C24H32N4OS. The van der Waals surface area contributed by atoms with Crippen molar-refractivity contribution in [3.05, 3.63) is 71.6 Å². The maximum Gasteiger partial charge on any atom is 0.137 e. The number of nitrogens with one attached hydrogen (secondary N) is 1. The van der Waals surface area contributed by atoms with Crippen LogP contribution in [0.25, 0.3) is 0 Å². The van der Waals surface area contributed by atoms with Crippen molar-refractivity contribution >= 4 is 18.0 Å². The van der Waals surface area contributed by atoms with Gasteiger partial charge < -0.3 is 10.1 Å². The number of aromatic nitrogens is 1. The summed E-state index contributed by atoms with van der Waals surface area (Å²) in [4.78, 5) is 11.4. The fourth-order valence-corrected chi connectivity index (χ4v) is 4.52. The number of nitrogens with zero attached hydrogens (tertiary/aromatic N) is 3. The molecule has 2 aliphatic heterocycles. The molecule has 1 N–H and O–H groups in total. The number of hydrogen-bond acceptors (Lipinski definition) is 6. The van der Waals surface area contributed by atoms with E-state index in [-0.39, 0.29) is 5.37 Å². The maximum atomic E-state index is 5.97. The number of ether oxygens (including phenoxy) is 1. The van der Waals surface area contributed by atoms with Gasteiger partial charge in [0.1, 0.15) is 12.4 Å². The summed E-state index contributed by atoms with van der Waals surface area (Å²) in [5, 5.41) is 5.96. The van der Waals surface area contributed by atoms with Gasteiger partial charge in [0.2, 0.25) is 0 Å². The Kier molecular flexibility index (Phi) is 8.93. The van der Waals surface area contributed by atoms with Crippen LogP contribution in [0.2, 0.25) is 0 Å². The number of pyridine rings is 1. The van der Waals surface area contributed by atoms with Crippen molar-refractivity contribution < 1.29 is 4.74 Å². The zero-order valence-electron chi connectivity index (χ0n) is 18.0. The SMILES string of the molecule is C=C/C(C)=C\C(=C/C)CCC1=CSC(N2CCNCC2COc2cccnc2)C=N1. The number of hydrogen-bond donors (Lipinski definition) is 1. The predicted molar refractivity (Wildman–Crippen MR) is 128 cm³/mol. The molecule has 0 radical (unpaired) electrons. The van der Waals surface area contributed by atoms with E-state index in [2.05, 4.69) is 59.4 Å². The second-order valence-corrected chi connectivity index (χ2v) is 8.46. The number of piperazine rings is 1. The molecule has 0 amide bonds. The zero-order chi connectivity index (χ0) is 21.2. The van der Waals surface area contributed by atoms with Gasteiger partial charge in [0.15, 0.2) is 0 Å². The second kappa shape index (κ2) is 11.9. The molecule has 160 valence electrons. The fourth-order valence-electron chi connectivity index (χ4n) is 3.48. The van der Waals surface area contributed by atoms with Gasteiger partial charge in [-0.1, -0.05) is 36.0 Å². The van der Waals surface area contributed by atoms with Crippen LogP contribution < -0.4 is 10.1 Å². The van der Waals surface area contributed by atoms with Crippen molar-refractivity contribution in [1.29, 1.82) is 0 Å². The van der Waals surface area contributed by atoms with Crippen molar-refractivity contribution in [2.75, 3.05) is 26.2 Å². The van der Waals surface area contributed by atoms with Crippen LogP contribution in [0.4, 0.5) is 0 Å². The Hall–Kier alpha value is -2.15. The minimum absolute atomic E-state index is 0.252. The molecule has 3 heterocycles. The fraction of sp³-hybridized carbons (Fsp3) is 0.417. The lowest BCUT2D eigenvalue weighted by Crippen LogP contribution is -2.57. The highest BCUT2D eigenvalue weighted by atomic mass is 32.2. The third-order valence-corrected chi connectivity index (χ3v) is 6.37. The van der Waals surface area contributed by atoms with Crippen LogP contribution in [-0.4, -0.2) is 53.8 Å². The van der Waals surface area contributed by atoms with Gasteiger partial charge in [-0.15, -0.1) is 11.8 Å². The molecule has 6 heteroatoms. The molecule has 1 aromatic rings. The molecule has 1 fully saturated rings. The largest absolute Gasteiger partial charge is 0.490 e. The first-order valence-corrected chi connectivity index (χ1v) is 11.5. The Labute approximate surface area is 184 Å². The Morgan fingerprint density at radius 1 is 1.47 bits per heavy atom. The first kappa shape index (κ1) is 22.5. The van der Waals surface area contributed by atoms with Crippen LogP contribution in [0.1, 0.15) is 26.7 Å². The molecule has 2 aliphatic rings. The summed E-state index contributed by atoms with van der Waals surface area (Å²) in [6.07, 6.45) is 13.8. The van der Waals surface area contributed by atoms with E-state index in [0.717, 1.165) is 43.9 Å². The van der Waals surface area contributed by atoms with E-state index in [1.54, 1.807) is 12.4 Å². The van der Waals surface area contributed by atoms with Gasteiger partial charge in [0.05, 0.1) is 17.6 Å². The summed E-state index contributed by atoms with van der Waals surface area (Å²) in [6.45, 7) is 11.5. The summed E-state index contributed by atoms with van der Waals surface area (Å²) >= 11 is 1.85. The van der Waals surface area contributed by atoms with Crippen molar-refractivity contribution in [3.63, 3.8) is 0 Å². The maximum absolute atomic E-state index is 5.97. The molecule has 0 spiro atoms. The van der Waals surface area contributed by atoms with Gasteiger partial charge in [-0.25, -0.2) is 0 Å². The van der Waals surface area contributed by atoms with Crippen molar-refractivity contribution in [2.24, 2.45) is 4.99 Å². The second-order valence-electron chi connectivity index (χ2n) is 7.47. The Morgan fingerprint density at radius 2 is 2.37 bits per heavy atom. The number of rotatable bonds is 9. The van der Waals surface area contributed by atoms with Crippen LogP contribution in [0.3, 0.4) is 0 Å². The lowest BCUT2D eigenvalue weighted by atomic mass is 10.1. The zero-order valence-corrected chi connectivity index (χ0v) is 18.8. The molecule has 0 aliphatic carbocycles. The number of thioether (sulfide) groups is 1. The number of aliphatic imine (C=N–C) groups is 1. The highest BCUT2D eigenvalue weighted by molar-refractivity contribution is 8.03. The molecule has 30 heavy (non-hydrogen) atoms. The van der Waals surface area contributed by atoms with Crippen LogP contribution in [0.5, 0.6) is 5.75 Å². The molecule has 0 aromatic carbocycles. The van der Waals surface area contributed by atoms with Gasteiger partial charge in [0.25, 0.3) is 0 Å². The third-order valence-electron chi connectivity index (χ3n) is 5.29. The van der Waals surface area contributed by atoms with E-state index in [9.17, 15) is 0 Å². The Bertz CT molecular complexity index is 816. The molecule has 2 atom stereocenters. The summed E-state index contributed by atoms with van der Waals surface area (Å²) in [7, 11) is 0. The van der Waals surface area contributed by atoms with E-state index in [1.807, 2.05) is 30.0 Å². The Morgan fingerprint density at radius 3 is 3.07 bits per heavy atom. The van der Waals surface area contributed by atoms with Gasteiger partial charge >= 0.3 is 0 Å². The van der Waals surface area contributed by atoms with Gasteiger partial charge in [-0.2, -0.15) is 0 Å². The van der Waals surface area contributed by atoms with Crippen molar-refractivity contribution in [2.45, 2.75) is 38.1 Å². The van der Waals surface area contributed by atoms with E-state index in [1.165, 1.54) is 11.1 Å². The monoisotopic (exact) mass is 424 g/mol. The minimum atomic E-state index is 0.252. The average Bonchev–Trinajstić information content (AvgIpc) is 2.81. The lowest BCUT2D eigenvalue weighted by Gasteiger charge is -2.39. The van der Waals surface area contributed by atoms with Gasteiger partial charge in [0, 0.05) is 37.7 Å². The van der Waals surface area contributed by atoms with Crippen LogP contribution >= 0.6 is 11.8 Å². The molecular weight excluding hydrogens is 392 g/mol. The standard InChI is InChI=1S/C24H32N4OS/c1-4-19(3)13-20(5-2)8-9-21-18-30-24(16-27-21)28-12-11-26-14-22(28)17-29-23-7-6-10-25-15-23/h4-7,10,13,15-16,18,22,24,26H,1,8-9,11-12,14,17H2,2-3H3/b19-13-,20-5-. The smallest absolute Gasteiger partial charge is 0.137 e. The molecule has 1 aromatic heterocycles. The Balaban J connectivity index is 1.52. The molecule has 0 bridgehead atoms. The van der Waals surface area contributed by atoms with E-state index in [0.29, 0.717) is 12.6 Å². The van der Waals surface area contributed by atoms with Crippen molar-refractivity contribution in [3.8, 4) is 5.75 Å². The lowest BCUT2D eigenvalue weighted by molar-refractivity contribution is 0.118. The third kappa shape index (κ3) is 6.69. The predicted octanol–water partition coefficient (Wildman–Crippen LogP) is 4.58.